The maximum absolute atomic E-state index is 13.2. The number of rotatable bonds is 5. The molecule has 0 bridgehead atoms. The van der Waals surface area contributed by atoms with Crippen molar-refractivity contribution in [2.24, 2.45) is 5.92 Å². The van der Waals surface area contributed by atoms with Gasteiger partial charge in [-0.05, 0) is 36.6 Å². The average molecular weight is 361 g/mol. The van der Waals surface area contributed by atoms with Crippen LogP contribution in [0.25, 0.3) is 0 Å². The highest BCUT2D eigenvalue weighted by molar-refractivity contribution is 5.97. The molecule has 1 amide bonds. The van der Waals surface area contributed by atoms with Crippen molar-refractivity contribution in [3.8, 4) is 0 Å². The molecule has 1 aliphatic carbocycles. The van der Waals surface area contributed by atoms with Crippen LogP contribution >= 0.6 is 0 Å². The maximum atomic E-state index is 13.2. The summed E-state index contributed by atoms with van der Waals surface area (Å²) in [5, 5.41) is 0. The number of benzene rings is 2. The second-order valence-electron chi connectivity index (χ2n) is 7.19. The predicted octanol–water partition coefficient (Wildman–Crippen LogP) is 3.39. The van der Waals surface area contributed by atoms with Crippen molar-refractivity contribution in [1.82, 2.24) is 4.90 Å². The number of nitrogens with zero attached hydrogens (tertiary/aromatic N) is 1. The highest BCUT2D eigenvalue weighted by Crippen LogP contribution is 2.61. The highest BCUT2D eigenvalue weighted by atomic mass is 16.5. The van der Waals surface area contributed by atoms with E-state index in [-0.39, 0.29) is 23.8 Å². The summed E-state index contributed by atoms with van der Waals surface area (Å²) in [5.74, 6) is -0.356. The topological polar surface area (TPSA) is 46.6 Å². The van der Waals surface area contributed by atoms with Crippen LogP contribution in [-0.4, -0.2) is 29.4 Å². The summed E-state index contributed by atoms with van der Waals surface area (Å²) in [4.78, 5) is 27.7. The van der Waals surface area contributed by atoms with Crippen LogP contribution in [-0.2, 0) is 26.3 Å². The average Bonchev–Trinajstić information content (AvgIpc) is 3.35. The lowest BCUT2D eigenvalue weighted by atomic mass is 9.89. The summed E-state index contributed by atoms with van der Waals surface area (Å²) in [7, 11) is 0. The largest absolute Gasteiger partial charge is 0.465 e. The summed E-state index contributed by atoms with van der Waals surface area (Å²) in [6, 6.07) is 17.6. The van der Waals surface area contributed by atoms with E-state index in [1.807, 2.05) is 79.4 Å². The van der Waals surface area contributed by atoms with Crippen molar-refractivity contribution in [1.29, 1.82) is 0 Å². The minimum absolute atomic E-state index is 0.0557. The van der Waals surface area contributed by atoms with Crippen LogP contribution in [0.1, 0.15) is 23.6 Å². The molecule has 4 heteroatoms. The zero-order valence-corrected chi connectivity index (χ0v) is 15.6. The molecule has 1 saturated carbocycles. The second kappa shape index (κ2) is 6.69. The van der Waals surface area contributed by atoms with Crippen LogP contribution in [0.2, 0.25) is 0 Å². The molecule has 4 rings (SSSR count). The summed E-state index contributed by atoms with van der Waals surface area (Å²) in [5.41, 5.74) is 2.23. The van der Waals surface area contributed by atoms with E-state index in [0.717, 1.165) is 16.7 Å². The third-order valence-electron chi connectivity index (χ3n) is 5.69. The van der Waals surface area contributed by atoms with Crippen LogP contribution in [0.5, 0.6) is 0 Å². The molecule has 2 aromatic carbocycles. The molecule has 138 valence electrons. The first kappa shape index (κ1) is 17.5. The van der Waals surface area contributed by atoms with Crippen molar-refractivity contribution < 1.29 is 14.3 Å². The molecular formula is C23H23NO3. The Bertz CT molecular complexity index is 905. The summed E-state index contributed by atoms with van der Waals surface area (Å²) >= 11 is 0. The van der Waals surface area contributed by atoms with Crippen molar-refractivity contribution in [3.63, 3.8) is 0 Å². The number of fused-ring (bicyclic) bond motifs is 1. The Kier molecular flexibility index (Phi) is 4.34. The maximum Gasteiger partial charge on any atom is 0.319 e. The lowest BCUT2D eigenvalue weighted by Crippen LogP contribution is -2.39. The number of esters is 1. The Morgan fingerprint density at radius 3 is 2.52 bits per heavy atom. The van der Waals surface area contributed by atoms with Gasteiger partial charge in [0.15, 0.2) is 0 Å². The van der Waals surface area contributed by atoms with E-state index in [4.69, 9.17) is 4.74 Å². The molecule has 4 nitrogen and oxygen atoms in total. The molecular weight excluding hydrogens is 338 g/mol. The van der Waals surface area contributed by atoms with Gasteiger partial charge >= 0.3 is 5.97 Å². The van der Waals surface area contributed by atoms with Gasteiger partial charge in [0.1, 0.15) is 5.41 Å². The van der Waals surface area contributed by atoms with Gasteiger partial charge in [-0.25, -0.2) is 0 Å². The summed E-state index contributed by atoms with van der Waals surface area (Å²) in [6.07, 6.45) is 3.49. The van der Waals surface area contributed by atoms with Crippen molar-refractivity contribution in [2.75, 3.05) is 6.61 Å². The molecule has 1 fully saturated rings. The SMILES string of the molecule is CCOC(=O)C1(c2ccccc2C)C2C=CC(=O)N(Cc3ccccc3)C21. The first-order valence-corrected chi connectivity index (χ1v) is 9.36. The van der Waals surface area contributed by atoms with Gasteiger partial charge in [0.2, 0.25) is 5.91 Å². The van der Waals surface area contributed by atoms with E-state index in [9.17, 15) is 9.59 Å². The Hall–Kier alpha value is -2.88. The van der Waals surface area contributed by atoms with Gasteiger partial charge < -0.3 is 9.64 Å². The zero-order valence-electron chi connectivity index (χ0n) is 15.6. The molecule has 3 atom stereocenters. The van der Waals surface area contributed by atoms with Crippen LogP contribution in [0.4, 0.5) is 0 Å². The second-order valence-corrected chi connectivity index (χ2v) is 7.19. The Morgan fingerprint density at radius 2 is 1.81 bits per heavy atom. The van der Waals surface area contributed by atoms with Crippen molar-refractivity contribution in [3.05, 3.63) is 83.4 Å². The first-order valence-electron chi connectivity index (χ1n) is 9.36. The Labute approximate surface area is 159 Å². The molecule has 0 saturated heterocycles. The quantitative estimate of drug-likeness (QED) is 0.767. The fourth-order valence-corrected chi connectivity index (χ4v) is 4.46. The third kappa shape index (κ3) is 2.67. The highest BCUT2D eigenvalue weighted by Gasteiger charge is 2.74. The van der Waals surface area contributed by atoms with Crippen LogP contribution in [0, 0.1) is 12.8 Å². The number of hydrogen-bond acceptors (Lipinski definition) is 3. The predicted molar refractivity (Wildman–Crippen MR) is 103 cm³/mol. The number of amides is 1. The minimum Gasteiger partial charge on any atom is -0.465 e. The first-order chi connectivity index (χ1) is 13.1. The summed E-state index contributed by atoms with van der Waals surface area (Å²) < 4.78 is 5.49. The number of hydrogen-bond donors (Lipinski definition) is 0. The molecule has 3 unspecified atom stereocenters. The molecule has 0 spiro atoms. The minimum atomic E-state index is -0.821. The molecule has 0 N–H and O–H groups in total. The van der Waals surface area contributed by atoms with Gasteiger partial charge in [0.25, 0.3) is 0 Å². The standard InChI is InChI=1S/C23H23NO3/c1-3-27-22(26)23(18-12-8-7-9-16(18)2)19-13-14-20(25)24(21(19)23)15-17-10-5-4-6-11-17/h4-14,19,21H,3,15H2,1-2H3. The molecule has 1 heterocycles. The van der Waals surface area contributed by atoms with Gasteiger partial charge in [-0.3, -0.25) is 9.59 Å². The molecule has 2 aromatic rings. The fourth-order valence-electron chi connectivity index (χ4n) is 4.46. The molecule has 0 radical (unpaired) electrons. The normalized spacial score (nSPS) is 25.9. The number of aryl methyl sites for hydroxylation is 1. The molecule has 2 aliphatic rings. The lowest BCUT2D eigenvalue weighted by molar-refractivity contribution is -0.147. The van der Waals surface area contributed by atoms with E-state index in [1.54, 1.807) is 6.08 Å². The fraction of sp³-hybridized carbons (Fsp3) is 0.304. The Balaban J connectivity index is 1.78. The monoisotopic (exact) mass is 361 g/mol. The molecule has 1 aliphatic heterocycles. The Morgan fingerprint density at radius 1 is 1.11 bits per heavy atom. The number of carbonyl (C=O) groups excluding carboxylic acids is 2. The van der Waals surface area contributed by atoms with Gasteiger partial charge in [-0.2, -0.15) is 0 Å². The number of carbonyl (C=O) groups is 2. The van der Waals surface area contributed by atoms with E-state index in [2.05, 4.69) is 0 Å². The smallest absolute Gasteiger partial charge is 0.319 e. The van der Waals surface area contributed by atoms with Gasteiger partial charge in [-0.15, -0.1) is 0 Å². The number of ether oxygens (including phenoxy) is 1. The lowest BCUT2D eigenvalue weighted by Gasteiger charge is -2.26. The van der Waals surface area contributed by atoms with Gasteiger partial charge in [0, 0.05) is 12.5 Å². The summed E-state index contributed by atoms with van der Waals surface area (Å²) in [6.45, 7) is 4.63. The van der Waals surface area contributed by atoms with Crippen LogP contribution in [0.15, 0.2) is 66.7 Å². The van der Waals surface area contributed by atoms with E-state index in [1.165, 1.54) is 0 Å². The van der Waals surface area contributed by atoms with Crippen LogP contribution in [0.3, 0.4) is 0 Å². The van der Waals surface area contributed by atoms with Crippen molar-refractivity contribution >= 4 is 11.9 Å². The van der Waals surface area contributed by atoms with E-state index < -0.39 is 5.41 Å². The van der Waals surface area contributed by atoms with Crippen molar-refractivity contribution in [2.45, 2.75) is 31.8 Å². The molecule has 27 heavy (non-hydrogen) atoms. The third-order valence-corrected chi connectivity index (χ3v) is 5.69. The van der Waals surface area contributed by atoms with Crippen LogP contribution < -0.4 is 0 Å². The zero-order chi connectivity index (χ0) is 19.0. The van der Waals surface area contributed by atoms with Gasteiger partial charge in [-0.1, -0.05) is 60.7 Å². The van der Waals surface area contributed by atoms with E-state index >= 15 is 0 Å². The molecule has 0 aromatic heterocycles. The van der Waals surface area contributed by atoms with Gasteiger partial charge in [0.05, 0.1) is 12.6 Å². The van der Waals surface area contributed by atoms with E-state index in [0.29, 0.717) is 13.2 Å².